The summed E-state index contributed by atoms with van der Waals surface area (Å²) in [7, 11) is 0. The van der Waals surface area contributed by atoms with Crippen molar-refractivity contribution >= 4 is 17.4 Å². The number of aromatic nitrogens is 4. The van der Waals surface area contributed by atoms with Gasteiger partial charge in [-0.15, -0.1) is 10.2 Å². The highest BCUT2D eigenvalue weighted by atomic mass is 16.2. The van der Waals surface area contributed by atoms with Gasteiger partial charge in [-0.3, -0.25) is 9.20 Å². The molecule has 0 saturated carbocycles. The van der Waals surface area contributed by atoms with E-state index in [9.17, 15) is 4.79 Å². The molecular weight excluding hydrogens is 258 g/mol. The molecule has 3 rings (SSSR count). The lowest BCUT2D eigenvalue weighted by atomic mass is 10.1. The molecule has 1 fully saturated rings. The molecule has 106 valence electrons. The minimum atomic E-state index is -0.279. The van der Waals surface area contributed by atoms with Crippen LogP contribution in [0.4, 0.5) is 5.82 Å². The smallest absolute Gasteiger partial charge is 0.244 e. The Hall–Kier alpha value is -2.22. The summed E-state index contributed by atoms with van der Waals surface area (Å²) >= 11 is 0. The molecular formula is C12H17N7O. The third kappa shape index (κ3) is 2.18. The Morgan fingerprint density at radius 1 is 1.60 bits per heavy atom. The molecule has 3 heterocycles. The fraction of sp³-hybridized carbons (Fsp3) is 0.500. The van der Waals surface area contributed by atoms with Crippen molar-refractivity contribution in [3.63, 3.8) is 0 Å². The van der Waals surface area contributed by atoms with Crippen LogP contribution < -0.4 is 15.5 Å². The molecule has 0 radical (unpaired) electrons. The molecule has 0 aromatic carbocycles. The van der Waals surface area contributed by atoms with Gasteiger partial charge in [-0.05, 0) is 6.92 Å². The van der Waals surface area contributed by atoms with E-state index >= 15 is 0 Å². The molecule has 1 unspecified atom stereocenters. The van der Waals surface area contributed by atoms with E-state index in [4.69, 9.17) is 0 Å². The third-order valence-electron chi connectivity index (χ3n) is 3.37. The fourth-order valence-corrected chi connectivity index (χ4v) is 2.43. The third-order valence-corrected chi connectivity index (χ3v) is 3.37. The van der Waals surface area contributed by atoms with Crippen LogP contribution in [0.1, 0.15) is 6.92 Å². The van der Waals surface area contributed by atoms with E-state index in [0.717, 1.165) is 6.54 Å². The molecule has 0 bridgehead atoms. The molecule has 1 amide bonds. The van der Waals surface area contributed by atoms with E-state index < -0.39 is 0 Å². The van der Waals surface area contributed by atoms with Crippen LogP contribution in [0.2, 0.25) is 0 Å². The second-order valence-electron chi connectivity index (χ2n) is 4.62. The second kappa shape index (κ2) is 5.41. The maximum atomic E-state index is 12.2. The van der Waals surface area contributed by atoms with Crippen molar-refractivity contribution in [1.29, 1.82) is 0 Å². The van der Waals surface area contributed by atoms with Gasteiger partial charge in [0.15, 0.2) is 5.82 Å². The Morgan fingerprint density at radius 2 is 2.50 bits per heavy atom. The van der Waals surface area contributed by atoms with Gasteiger partial charge in [-0.2, -0.15) is 0 Å². The highest BCUT2D eigenvalue weighted by Gasteiger charge is 2.30. The van der Waals surface area contributed by atoms with E-state index in [2.05, 4.69) is 25.8 Å². The average molecular weight is 275 g/mol. The Labute approximate surface area is 116 Å². The predicted molar refractivity (Wildman–Crippen MR) is 73.5 cm³/mol. The van der Waals surface area contributed by atoms with Gasteiger partial charge in [-0.1, -0.05) is 0 Å². The first kappa shape index (κ1) is 12.8. The summed E-state index contributed by atoms with van der Waals surface area (Å²) in [6, 6.07) is -0.279. The molecule has 8 heteroatoms. The Morgan fingerprint density at radius 3 is 3.35 bits per heavy atom. The number of hydrogen-bond donors (Lipinski definition) is 2. The van der Waals surface area contributed by atoms with Crippen LogP contribution in [-0.4, -0.2) is 57.7 Å². The van der Waals surface area contributed by atoms with E-state index in [1.54, 1.807) is 23.1 Å². The van der Waals surface area contributed by atoms with Gasteiger partial charge in [0.2, 0.25) is 11.6 Å². The molecule has 2 aromatic rings. The normalized spacial score (nSPS) is 19.2. The minimum Gasteiger partial charge on any atom is -0.355 e. The zero-order chi connectivity index (χ0) is 13.9. The molecule has 20 heavy (non-hydrogen) atoms. The number of carbonyl (C=O) groups excluding carboxylic acids is 1. The molecule has 0 spiro atoms. The molecule has 1 aliphatic heterocycles. The van der Waals surface area contributed by atoms with Crippen LogP contribution >= 0.6 is 0 Å². The van der Waals surface area contributed by atoms with Crippen molar-refractivity contribution in [3.8, 4) is 0 Å². The van der Waals surface area contributed by atoms with Crippen LogP contribution in [0.3, 0.4) is 0 Å². The van der Waals surface area contributed by atoms with Crippen molar-refractivity contribution in [1.82, 2.24) is 30.2 Å². The quantitative estimate of drug-likeness (QED) is 0.750. The summed E-state index contributed by atoms with van der Waals surface area (Å²) in [4.78, 5) is 18.6. The van der Waals surface area contributed by atoms with E-state index in [-0.39, 0.29) is 11.9 Å². The number of piperazine rings is 1. The number of anilines is 1. The molecule has 1 atom stereocenters. The molecule has 0 aliphatic carbocycles. The standard InChI is InChI=1S/C12H17N7O/c1-2-14-12(20)9-7-13-3-6-19(9)10-11-17-16-8-18(11)5-4-15-10/h4-5,8-9,13H,2-3,6-7H2,1H3,(H,14,20). The van der Waals surface area contributed by atoms with Gasteiger partial charge in [0.1, 0.15) is 12.4 Å². The number of rotatable bonds is 3. The number of hydrogen-bond acceptors (Lipinski definition) is 6. The number of amides is 1. The van der Waals surface area contributed by atoms with Gasteiger partial charge in [0, 0.05) is 38.6 Å². The first-order valence-electron chi connectivity index (χ1n) is 6.70. The maximum Gasteiger partial charge on any atom is 0.244 e. The minimum absolute atomic E-state index is 0.00279. The lowest BCUT2D eigenvalue weighted by Gasteiger charge is -2.35. The Balaban J connectivity index is 1.97. The second-order valence-corrected chi connectivity index (χ2v) is 4.62. The molecule has 8 nitrogen and oxygen atoms in total. The van der Waals surface area contributed by atoms with Crippen LogP contribution in [0.5, 0.6) is 0 Å². The SMILES string of the molecule is CCNC(=O)C1CNCCN1c1nccn2cnnc12. The van der Waals surface area contributed by atoms with Crippen LogP contribution in [0, 0.1) is 0 Å². The highest BCUT2D eigenvalue weighted by molar-refractivity contribution is 5.86. The van der Waals surface area contributed by atoms with E-state index in [1.165, 1.54) is 0 Å². The van der Waals surface area contributed by atoms with Crippen molar-refractivity contribution in [2.45, 2.75) is 13.0 Å². The van der Waals surface area contributed by atoms with Crippen molar-refractivity contribution < 1.29 is 4.79 Å². The Kier molecular flexibility index (Phi) is 3.46. The lowest BCUT2D eigenvalue weighted by Crippen LogP contribution is -2.58. The summed E-state index contributed by atoms with van der Waals surface area (Å²) in [5.41, 5.74) is 0.670. The summed E-state index contributed by atoms with van der Waals surface area (Å²) in [5.74, 6) is 0.700. The van der Waals surface area contributed by atoms with Gasteiger partial charge in [0.05, 0.1) is 0 Å². The van der Waals surface area contributed by atoms with Crippen molar-refractivity contribution in [3.05, 3.63) is 18.7 Å². The zero-order valence-electron chi connectivity index (χ0n) is 11.3. The number of nitrogens with zero attached hydrogens (tertiary/aromatic N) is 5. The van der Waals surface area contributed by atoms with Gasteiger partial charge in [-0.25, -0.2) is 4.98 Å². The number of fused-ring (bicyclic) bond motifs is 1. The molecule has 2 aromatic heterocycles. The van der Waals surface area contributed by atoms with Crippen LogP contribution in [0.15, 0.2) is 18.7 Å². The van der Waals surface area contributed by atoms with Crippen LogP contribution in [-0.2, 0) is 4.79 Å². The molecule has 2 N–H and O–H groups in total. The fourth-order valence-electron chi connectivity index (χ4n) is 2.43. The Bertz CT molecular complexity index is 611. The van der Waals surface area contributed by atoms with Crippen molar-refractivity contribution in [2.24, 2.45) is 0 Å². The van der Waals surface area contributed by atoms with E-state index in [1.807, 2.05) is 11.8 Å². The van der Waals surface area contributed by atoms with Gasteiger partial charge in [0.25, 0.3) is 0 Å². The first-order chi connectivity index (χ1) is 9.81. The number of nitrogens with one attached hydrogen (secondary N) is 2. The molecule has 1 saturated heterocycles. The zero-order valence-corrected chi connectivity index (χ0v) is 11.3. The largest absolute Gasteiger partial charge is 0.355 e. The first-order valence-corrected chi connectivity index (χ1v) is 6.70. The predicted octanol–water partition coefficient (Wildman–Crippen LogP) is -0.961. The lowest BCUT2D eigenvalue weighted by molar-refractivity contribution is -0.122. The van der Waals surface area contributed by atoms with Gasteiger partial charge >= 0.3 is 0 Å². The summed E-state index contributed by atoms with van der Waals surface area (Å²) < 4.78 is 1.80. The summed E-state index contributed by atoms with van der Waals surface area (Å²) in [6.07, 6.45) is 5.12. The number of likely N-dealkylation sites (N-methyl/N-ethyl adjacent to an activating group) is 1. The van der Waals surface area contributed by atoms with Gasteiger partial charge < -0.3 is 15.5 Å². The maximum absolute atomic E-state index is 12.2. The molecule has 1 aliphatic rings. The summed E-state index contributed by atoms with van der Waals surface area (Å²) in [6.45, 7) is 4.65. The van der Waals surface area contributed by atoms with E-state index in [0.29, 0.717) is 31.1 Å². The van der Waals surface area contributed by atoms with Crippen molar-refractivity contribution in [2.75, 3.05) is 31.1 Å². The monoisotopic (exact) mass is 275 g/mol. The average Bonchev–Trinajstić information content (AvgIpc) is 2.96. The summed E-state index contributed by atoms with van der Waals surface area (Å²) in [5, 5.41) is 14.1. The topological polar surface area (TPSA) is 87.5 Å². The number of carbonyl (C=O) groups is 1. The highest BCUT2D eigenvalue weighted by Crippen LogP contribution is 2.19. The van der Waals surface area contributed by atoms with Crippen LogP contribution in [0.25, 0.3) is 5.65 Å².